The zero-order valence-electron chi connectivity index (χ0n) is 9.30. The molecule has 8 nitrogen and oxygen atoms in total. The Labute approximate surface area is 107 Å². The van der Waals surface area contributed by atoms with E-state index in [1.165, 1.54) is 0 Å². The number of nitrogens with one attached hydrogen (secondary N) is 1. The Hall–Kier alpha value is -0.870. The van der Waals surface area contributed by atoms with Gasteiger partial charge in [-0.15, -0.1) is 11.8 Å². The Morgan fingerprint density at radius 1 is 1.44 bits per heavy atom. The average Bonchev–Trinajstić information content (AvgIpc) is 2.33. The Morgan fingerprint density at radius 3 is 2.72 bits per heavy atom. The number of hydrogen-bond acceptors (Lipinski definition) is 8. The van der Waals surface area contributed by atoms with E-state index in [1.54, 1.807) is 0 Å². The number of aliphatic imine (C=N–C) groups is 1. The van der Waals surface area contributed by atoms with Crippen molar-refractivity contribution in [3.05, 3.63) is 0 Å². The Bertz CT molecular complexity index is 379. The second-order valence-corrected chi connectivity index (χ2v) is 5.57. The Morgan fingerprint density at radius 2 is 2.11 bits per heavy atom. The van der Waals surface area contributed by atoms with Crippen LogP contribution in [-0.2, 0) is 4.79 Å². The van der Waals surface area contributed by atoms with E-state index in [0.29, 0.717) is 0 Å². The van der Waals surface area contributed by atoms with Crippen LogP contribution in [0.25, 0.3) is 0 Å². The van der Waals surface area contributed by atoms with Crippen LogP contribution in [0.2, 0.25) is 0 Å². The number of nitrogens with zero attached hydrogens (tertiary/aromatic N) is 1. The van der Waals surface area contributed by atoms with Crippen molar-refractivity contribution >= 4 is 23.6 Å². The van der Waals surface area contributed by atoms with Gasteiger partial charge >= 0.3 is 0 Å². The molecule has 6 atom stereocenters. The van der Waals surface area contributed by atoms with Crippen molar-refractivity contribution in [3.8, 4) is 0 Å². The third kappa shape index (κ3) is 2.19. The molecule has 0 spiro atoms. The number of carbonyl (C=O) groups is 1. The summed E-state index contributed by atoms with van der Waals surface area (Å²) in [6.07, 6.45) is -3.83. The molecule has 3 unspecified atom stereocenters. The summed E-state index contributed by atoms with van der Waals surface area (Å²) < 4.78 is 0. The molecule has 0 aliphatic carbocycles. The van der Waals surface area contributed by atoms with E-state index in [2.05, 4.69) is 10.3 Å². The van der Waals surface area contributed by atoms with E-state index >= 15 is 0 Å². The maximum Gasteiger partial charge on any atom is 0.242 e. The molecule has 2 aliphatic rings. The molecule has 2 heterocycles. The number of guanidine groups is 1. The molecule has 0 radical (unpaired) electrons. The van der Waals surface area contributed by atoms with Crippen LogP contribution in [0.5, 0.6) is 0 Å². The lowest BCUT2D eigenvalue weighted by atomic mass is 9.96. The highest BCUT2D eigenvalue weighted by molar-refractivity contribution is 8.01. The first-order valence-corrected chi connectivity index (χ1v) is 6.34. The van der Waals surface area contributed by atoms with E-state index in [9.17, 15) is 20.1 Å². The minimum absolute atomic E-state index is 0.103. The monoisotopic (exact) mass is 277 g/mol. The third-order valence-electron chi connectivity index (χ3n) is 3.01. The minimum Gasteiger partial charge on any atom is -0.394 e. The quantitative estimate of drug-likeness (QED) is 0.305. The molecule has 1 fully saturated rings. The van der Waals surface area contributed by atoms with E-state index in [0.717, 1.165) is 11.8 Å². The summed E-state index contributed by atoms with van der Waals surface area (Å²) in [4.78, 5) is 15.6. The Balaban J connectivity index is 2.25. The molecular formula is C9H15N3O5S. The molecule has 1 saturated heterocycles. The lowest BCUT2D eigenvalue weighted by Gasteiger charge is -2.42. The largest absolute Gasteiger partial charge is 0.394 e. The van der Waals surface area contributed by atoms with Crippen LogP contribution in [0.4, 0.5) is 0 Å². The lowest BCUT2D eigenvalue weighted by molar-refractivity contribution is -0.121. The van der Waals surface area contributed by atoms with Crippen molar-refractivity contribution in [1.29, 1.82) is 0 Å². The summed E-state index contributed by atoms with van der Waals surface area (Å²) >= 11 is 0.975. The van der Waals surface area contributed by atoms with Crippen molar-refractivity contribution in [2.24, 2.45) is 10.7 Å². The Kier molecular flexibility index (Phi) is 3.78. The SMILES string of the molecule is NC1=NC2C(SC([C@H](O)CO)[C@@H](O)[C@@H]2O)C(=O)N1. The number of aliphatic hydroxyl groups excluding tert-OH is 4. The molecule has 0 aromatic carbocycles. The number of amides is 1. The number of aliphatic hydroxyl groups is 4. The van der Waals surface area contributed by atoms with Gasteiger partial charge in [0, 0.05) is 0 Å². The average molecular weight is 277 g/mol. The molecule has 2 rings (SSSR count). The van der Waals surface area contributed by atoms with Crippen LogP contribution >= 0.6 is 11.8 Å². The smallest absolute Gasteiger partial charge is 0.242 e. The van der Waals surface area contributed by atoms with Crippen LogP contribution in [0.15, 0.2) is 4.99 Å². The van der Waals surface area contributed by atoms with Crippen LogP contribution in [-0.4, -0.2) is 73.8 Å². The van der Waals surface area contributed by atoms with Gasteiger partial charge in [-0.2, -0.15) is 0 Å². The molecule has 9 heteroatoms. The van der Waals surface area contributed by atoms with Crippen molar-refractivity contribution in [1.82, 2.24) is 5.32 Å². The fraction of sp³-hybridized carbons (Fsp3) is 0.778. The number of rotatable bonds is 2. The first-order chi connectivity index (χ1) is 8.45. The van der Waals surface area contributed by atoms with Crippen molar-refractivity contribution in [2.75, 3.05) is 6.61 Å². The van der Waals surface area contributed by atoms with Crippen LogP contribution in [0.1, 0.15) is 0 Å². The fourth-order valence-electron chi connectivity index (χ4n) is 2.08. The summed E-state index contributed by atoms with van der Waals surface area (Å²) in [5, 5.41) is 39.0. The van der Waals surface area contributed by atoms with Gasteiger partial charge in [0.2, 0.25) is 5.91 Å². The number of thioether (sulfide) groups is 1. The molecule has 0 bridgehead atoms. The number of carbonyl (C=O) groups excluding carboxylic acids is 1. The standard InChI is InChI=1S/C9H15N3O5S/c10-9-11-3-4(15)5(16)6(2(14)1-13)18-7(3)8(17)12-9/h2-7,13-16H,1H2,(H3,10,11,12,17)/t2-,3?,4-,5+,6?,7?/m1/s1. The van der Waals surface area contributed by atoms with Gasteiger partial charge in [-0.25, -0.2) is 4.99 Å². The van der Waals surface area contributed by atoms with Gasteiger partial charge in [0.25, 0.3) is 0 Å². The first-order valence-electron chi connectivity index (χ1n) is 5.40. The molecular weight excluding hydrogens is 262 g/mol. The highest BCUT2D eigenvalue weighted by Gasteiger charge is 2.50. The van der Waals surface area contributed by atoms with Gasteiger partial charge < -0.3 is 26.2 Å². The summed E-state index contributed by atoms with van der Waals surface area (Å²) in [7, 11) is 0. The number of hydrogen-bond donors (Lipinski definition) is 6. The minimum atomic E-state index is -1.31. The van der Waals surface area contributed by atoms with Gasteiger partial charge in [0.05, 0.1) is 24.1 Å². The molecule has 0 aromatic rings. The lowest BCUT2D eigenvalue weighted by Crippen LogP contribution is -2.63. The van der Waals surface area contributed by atoms with Gasteiger partial charge in [-0.1, -0.05) is 0 Å². The third-order valence-corrected chi connectivity index (χ3v) is 4.71. The molecule has 2 aliphatic heterocycles. The predicted molar refractivity (Wildman–Crippen MR) is 63.8 cm³/mol. The predicted octanol–water partition coefficient (Wildman–Crippen LogP) is -3.64. The van der Waals surface area contributed by atoms with Crippen molar-refractivity contribution in [2.45, 2.75) is 34.9 Å². The molecule has 18 heavy (non-hydrogen) atoms. The summed E-state index contributed by atoms with van der Waals surface area (Å²) in [5.41, 5.74) is 5.39. The zero-order chi connectivity index (χ0) is 13.4. The van der Waals surface area contributed by atoms with Gasteiger partial charge in [0.1, 0.15) is 17.4 Å². The van der Waals surface area contributed by atoms with Gasteiger partial charge in [-0.3, -0.25) is 10.1 Å². The maximum absolute atomic E-state index is 11.7. The first kappa shape index (κ1) is 13.6. The second kappa shape index (κ2) is 5.02. The van der Waals surface area contributed by atoms with Crippen molar-refractivity contribution in [3.63, 3.8) is 0 Å². The summed E-state index contributed by atoms with van der Waals surface area (Å²) in [6, 6.07) is -0.846. The zero-order valence-corrected chi connectivity index (χ0v) is 10.1. The normalized spacial score (nSPS) is 41.7. The molecule has 1 amide bonds. The van der Waals surface area contributed by atoms with E-state index in [-0.39, 0.29) is 5.96 Å². The van der Waals surface area contributed by atoms with Crippen LogP contribution < -0.4 is 11.1 Å². The maximum atomic E-state index is 11.7. The highest BCUT2D eigenvalue weighted by atomic mass is 32.2. The molecule has 0 saturated carbocycles. The summed E-state index contributed by atoms with van der Waals surface area (Å²) in [5.74, 6) is -0.534. The fourth-order valence-corrected chi connectivity index (χ4v) is 3.57. The van der Waals surface area contributed by atoms with Crippen LogP contribution in [0.3, 0.4) is 0 Å². The van der Waals surface area contributed by atoms with E-state index in [1.807, 2.05) is 0 Å². The molecule has 102 valence electrons. The topological polar surface area (TPSA) is 148 Å². The van der Waals surface area contributed by atoms with Gasteiger partial charge in [-0.05, 0) is 0 Å². The number of fused-ring (bicyclic) bond motifs is 1. The van der Waals surface area contributed by atoms with E-state index < -0.39 is 47.4 Å². The number of nitrogens with two attached hydrogens (primary N) is 1. The van der Waals surface area contributed by atoms with E-state index in [4.69, 9.17) is 10.8 Å². The molecule has 7 N–H and O–H groups in total. The van der Waals surface area contributed by atoms with Crippen LogP contribution in [0, 0.1) is 0 Å². The summed E-state index contributed by atoms with van der Waals surface area (Å²) in [6.45, 7) is -0.564. The highest BCUT2D eigenvalue weighted by Crippen LogP contribution is 2.37. The second-order valence-electron chi connectivity index (χ2n) is 4.25. The molecule has 0 aromatic heterocycles. The van der Waals surface area contributed by atoms with Gasteiger partial charge in [0.15, 0.2) is 5.96 Å². The van der Waals surface area contributed by atoms with Crippen molar-refractivity contribution < 1.29 is 25.2 Å².